The molecule has 21 heavy (non-hydrogen) atoms. The third-order valence-electron chi connectivity index (χ3n) is 4.23. The summed E-state index contributed by atoms with van der Waals surface area (Å²) in [6, 6.07) is 5.49. The van der Waals surface area contributed by atoms with Crippen molar-refractivity contribution in [2.75, 3.05) is 6.54 Å². The molecular weight excluding hydrogens is 267 g/mol. The molecule has 1 amide bonds. The van der Waals surface area contributed by atoms with E-state index in [9.17, 15) is 9.18 Å². The van der Waals surface area contributed by atoms with Crippen molar-refractivity contribution in [2.45, 2.75) is 58.0 Å². The fourth-order valence-corrected chi connectivity index (χ4v) is 2.77. The summed E-state index contributed by atoms with van der Waals surface area (Å²) in [7, 11) is 0. The quantitative estimate of drug-likeness (QED) is 0.875. The Morgan fingerprint density at radius 2 is 2.05 bits per heavy atom. The summed E-state index contributed by atoms with van der Waals surface area (Å²) in [6.07, 6.45) is 5.87. The fourth-order valence-electron chi connectivity index (χ4n) is 2.77. The molecule has 0 saturated heterocycles. The molecule has 1 unspecified atom stereocenters. The van der Waals surface area contributed by atoms with E-state index in [1.54, 1.807) is 13.0 Å². The van der Waals surface area contributed by atoms with Gasteiger partial charge in [0.1, 0.15) is 5.82 Å². The molecule has 116 valence electrons. The Morgan fingerprint density at radius 1 is 1.33 bits per heavy atom. The average molecular weight is 292 g/mol. The third kappa shape index (κ3) is 4.81. The van der Waals surface area contributed by atoms with Crippen LogP contribution in [0.5, 0.6) is 0 Å². The Kier molecular flexibility index (Phi) is 5.74. The third-order valence-corrected chi connectivity index (χ3v) is 4.23. The lowest BCUT2D eigenvalue weighted by atomic mass is 9.95. The van der Waals surface area contributed by atoms with Crippen LogP contribution < -0.4 is 10.6 Å². The summed E-state index contributed by atoms with van der Waals surface area (Å²) in [5, 5.41) is 6.23. The molecule has 3 nitrogen and oxygen atoms in total. The first-order valence-electron chi connectivity index (χ1n) is 7.85. The van der Waals surface area contributed by atoms with Gasteiger partial charge in [0, 0.05) is 12.1 Å². The van der Waals surface area contributed by atoms with Gasteiger partial charge >= 0.3 is 0 Å². The van der Waals surface area contributed by atoms with Crippen LogP contribution in [0.15, 0.2) is 18.2 Å². The Bertz CT molecular complexity index is 484. The lowest BCUT2D eigenvalue weighted by Crippen LogP contribution is -2.41. The first-order chi connectivity index (χ1) is 10.1. The summed E-state index contributed by atoms with van der Waals surface area (Å²) < 4.78 is 13.5. The first-order valence-corrected chi connectivity index (χ1v) is 7.85. The number of hydrogen-bond acceptors (Lipinski definition) is 2. The van der Waals surface area contributed by atoms with E-state index in [2.05, 4.69) is 10.6 Å². The van der Waals surface area contributed by atoms with Crippen LogP contribution in [-0.2, 0) is 4.79 Å². The molecule has 1 aromatic rings. The normalized spacial score (nSPS) is 17.5. The van der Waals surface area contributed by atoms with Crippen molar-refractivity contribution in [3.8, 4) is 0 Å². The smallest absolute Gasteiger partial charge is 0.234 e. The maximum atomic E-state index is 13.5. The van der Waals surface area contributed by atoms with E-state index in [4.69, 9.17) is 0 Å². The molecule has 0 aromatic heterocycles. The van der Waals surface area contributed by atoms with E-state index in [0.29, 0.717) is 11.6 Å². The number of nitrogens with one attached hydrogen (secondary N) is 2. The Balaban J connectivity index is 1.78. The minimum atomic E-state index is -0.201. The van der Waals surface area contributed by atoms with Crippen molar-refractivity contribution in [3.05, 3.63) is 35.1 Å². The topological polar surface area (TPSA) is 41.1 Å². The van der Waals surface area contributed by atoms with Gasteiger partial charge in [-0.05, 0) is 43.9 Å². The summed E-state index contributed by atoms with van der Waals surface area (Å²) in [5.41, 5.74) is 1.50. The van der Waals surface area contributed by atoms with Crippen molar-refractivity contribution in [3.63, 3.8) is 0 Å². The van der Waals surface area contributed by atoms with Crippen LogP contribution in [0.1, 0.15) is 56.2 Å². The minimum absolute atomic E-state index is 0.0290. The Hall–Kier alpha value is -1.42. The predicted octanol–water partition coefficient (Wildman–Crippen LogP) is 3.23. The van der Waals surface area contributed by atoms with Gasteiger partial charge in [0.2, 0.25) is 5.91 Å². The lowest BCUT2D eigenvalue weighted by Gasteiger charge is -2.23. The van der Waals surface area contributed by atoms with E-state index >= 15 is 0 Å². The van der Waals surface area contributed by atoms with Crippen molar-refractivity contribution in [2.24, 2.45) is 0 Å². The van der Waals surface area contributed by atoms with Gasteiger partial charge in [0.25, 0.3) is 0 Å². The molecule has 1 atom stereocenters. The van der Waals surface area contributed by atoms with Crippen LogP contribution in [-0.4, -0.2) is 18.5 Å². The number of halogens is 1. The van der Waals surface area contributed by atoms with Crippen molar-refractivity contribution in [1.29, 1.82) is 0 Å². The SMILES string of the molecule is Cc1ccc(C(C)NCC(=O)NC2CCCCC2)cc1F. The Morgan fingerprint density at radius 3 is 2.71 bits per heavy atom. The molecule has 0 bridgehead atoms. The predicted molar refractivity (Wildman–Crippen MR) is 82.6 cm³/mol. The van der Waals surface area contributed by atoms with Crippen LogP contribution in [0, 0.1) is 12.7 Å². The van der Waals surface area contributed by atoms with Crippen molar-refractivity contribution < 1.29 is 9.18 Å². The van der Waals surface area contributed by atoms with Gasteiger partial charge in [-0.2, -0.15) is 0 Å². The number of benzene rings is 1. The number of aryl methyl sites for hydroxylation is 1. The lowest BCUT2D eigenvalue weighted by molar-refractivity contribution is -0.121. The second-order valence-electron chi connectivity index (χ2n) is 6.01. The molecule has 0 aliphatic heterocycles. The zero-order valence-electron chi connectivity index (χ0n) is 12.9. The molecule has 1 aromatic carbocycles. The molecule has 1 aliphatic rings. The molecule has 0 spiro atoms. The van der Waals surface area contributed by atoms with Crippen LogP contribution in [0.3, 0.4) is 0 Å². The van der Waals surface area contributed by atoms with Gasteiger partial charge < -0.3 is 10.6 Å². The number of rotatable bonds is 5. The van der Waals surface area contributed by atoms with E-state index in [1.165, 1.54) is 25.3 Å². The highest BCUT2D eigenvalue weighted by Gasteiger charge is 2.16. The van der Waals surface area contributed by atoms with E-state index in [1.807, 2.05) is 13.0 Å². The number of amides is 1. The number of hydrogen-bond donors (Lipinski definition) is 2. The molecule has 0 heterocycles. The molecule has 1 fully saturated rings. The summed E-state index contributed by atoms with van der Waals surface area (Å²) in [4.78, 5) is 11.9. The summed E-state index contributed by atoms with van der Waals surface area (Å²) in [6.45, 7) is 3.96. The van der Waals surface area contributed by atoms with E-state index < -0.39 is 0 Å². The fraction of sp³-hybridized carbons (Fsp3) is 0.588. The number of carbonyl (C=O) groups excluding carboxylic acids is 1. The van der Waals surface area contributed by atoms with Gasteiger partial charge in [-0.3, -0.25) is 4.79 Å². The minimum Gasteiger partial charge on any atom is -0.352 e. The molecule has 4 heteroatoms. The Labute approximate surface area is 126 Å². The molecule has 2 rings (SSSR count). The van der Waals surface area contributed by atoms with Crippen LogP contribution in [0.4, 0.5) is 4.39 Å². The van der Waals surface area contributed by atoms with Crippen molar-refractivity contribution in [1.82, 2.24) is 10.6 Å². The summed E-state index contributed by atoms with van der Waals surface area (Å²) in [5.74, 6) is -0.172. The van der Waals surface area contributed by atoms with Gasteiger partial charge in [-0.25, -0.2) is 4.39 Å². The highest BCUT2D eigenvalue weighted by Crippen LogP contribution is 2.18. The first kappa shape index (κ1) is 16.0. The second-order valence-corrected chi connectivity index (χ2v) is 6.01. The van der Waals surface area contributed by atoms with Crippen LogP contribution in [0.2, 0.25) is 0 Å². The van der Waals surface area contributed by atoms with Gasteiger partial charge in [0.05, 0.1) is 6.54 Å². The molecule has 1 saturated carbocycles. The van der Waals surface area contributed by atoms with E-state index in [0.717, 1.165) is 18.4 Å². The second kappa shape index (κ2) is 7.55. The average Bonchev–Trinajstić information content (AvgIpc) is 2.48. The van der Waals surface area contributed by atoms with Gasteiger partial charge in [0.15, 0.2) is 0 Å². The molecular formula is C17H25FN2O. The molecule has 0 radical (unpaired) electrons. The van der Waals surface area contributed by atoms with Crippen LogP contribution in [0.25, 0.3) is 0 Å². The monoisotopic (exact) mass is 292 g/mol. The zero-order chi connectivity index (χ0) is 15.2. The van der Waals surface area contributed by atoms with Crippen LogP contribution >= 0.6 is 0 Å². The molecule has 1 aliphatic carbocycles. The maximum Gasteiger partial charge on any atom is 0.234 e. The zero-order valence-corrected chi connectivity index (χ0v) is 12.9. The standard InChI is InChI=1S/C17H25FN2O/c1-12-8-9-14(10-16(12)18)13(2)19-11-17(21)20-15-6-4-3-5-7-15/h8-10,13,15,19H,3-7,11H2,1-2H3,(H,20,21). The van der Waals surface area contributed by atoms with E-state index in [-0.39, 0.29) is 24.3 Å². The van der Waals surface area contributed by atoms with Gasteiger partial charge in [-0.15, -0.1) is 0 Å². The van der Waals surface area contributed by atoms with Crippen molar-refractivity contribution >= 4 is 5.91 Å². The highest BCUT2D eigenvalue weighted by atomic mass is 19.1. The molecule has 2 N–H and O–H groups in total. The largest absolute Gasteiger partial charge is 0.352 e. The number of carbonyl (C=O) groups is 1. The highest BCUT2D eigenvalue weighted by molar-refractivity contribution is 5.78. The van der Waals surface area contributed by atoms with Gasteiger partial charge in [-0.1, -0.05) is 31.4 Å². The maximum absolute atomic E-state index is 13.5. The summed E-state index contributed by atoms with van der Waals surface area (Å²) >= 11 is 0.